The van der Waals surface area contributed by atoms with Crippen LogP contribution in [0.4, 0.5) is 4.79 Å². The lowest BCUT2D eigenvalue weighted by molar-refractivity contribution is 0.180. The molecule has 2 heterocycles. The van der Waals surface area contributed by atoms with E-state index < -0.39 is 0 Å². The maximum atomic E-state index is 12.1. The number of furan rings is 1. The van der Waals surface area contributed by atoms with Crippen molar-refractivity contribution in [3.8, 4) is 0 Å². The molecule has 1 saturated heterocycles. The number of benzene rings is 1. The van der Waals surface area contributed by atoms with Crippen LogP contribution in [0.25, 0.3) is 0 Å². The first kappa shape index (κ1) is 19.5. The number of carbonyl (C=O) groups is 1. The van der Waals surface area contributed by atoms with E-state index in [9.17, 15) is 4.79 Å². The number of likely N-dealkylation sites (tertiary alicyclic amines) is 1. The van der Waals surface area contributed by atoms with Crippen molar-refractivity contribution >= 4 is 6.03 Å². The lowest BCUT2D eigenvalue weighted by atomic mass is 10.0. The molecule has 5 nitrogen and oxygen atoms in total. The zero-order chi connectivity index (χ0) is 19.1. The van der Waals surface area contributed by atoms with E-state index in [1.165, 1.54) is 11.1 Å². The first-order chi connectivity index (χ1) is 13.1. The van der Waals surface area contributed by atoms with Gasteiger partial charge in [0.1, 0.15) is 5.76 Å². The van der Waals surface area contributed by atoms with Gasteiger partial charge < -0.3 is 15.1 Å². The van der Waals surface area contributed by atoms with E-state index in [2.05, 4.69) is 53.6 Å². The Morgan fingerprint density at radius 1 is 1.22 bits per heavy atom. The first-order valence-corrected chi connectivity index (χ1v) is 9.95. The summed E-state index contributed by atoms with van der Waals surface area (Å²) in [6.45, 7) is 7.83. The lowest BCUT2D eigenvalue weighted by Crippen LogP contribution is -2.50. The molecule has 1 atom stereocenters. The Labute approximate surface area is 162 Å². The third-order valence-electron chi connectivity index (χ3n) is 4.92. The Balaban J connectivity index is 1.43. The van der Waals surface area contributed by atoms with Crippen LogP contribution in [-0.4, -0.2) is 30.1 Å². The number of hydrogen-bond acceptors (Lipinski definition) is 3. The number of hydrogen-bond donors (Lipinski definition) is 2. The van der Waals surface area contributed by atoms with Crippen molar-refractivity contribution in [2.75, 3.05) is 13.1 Å². The van der Waals surface area contributed by atoms with Gasteiger partial charge in [-0.15, -0.1) is 0 Å². The molecule has 0 radical (unpaired) electrons. The molecule has 0 bridgehead atoms. The lowest BCUT2D eigenvalue weighted by Gasteiger charge is -2.33. The van der Waals surface area contributed by atoms with Gasteiger partial charge in [-0.1, -0.05) is 38.1 Å². The van der Waals surface area contributed by atoms with Gasteiger partial charge in [-0.3, -0.25) is 4.90 Å². The van der Waals surface area contributed by atoms with Crippen LogP contribution in [-0.2, 0) is 19.5 Å². The van der Waals surface area contributed by atoms with Crippen LogP contribution in [0.2, 0.25) is 0 Å². The van der Waals surface area contributed by atoms with Crippen LogP contribution in [0.15, 0.2) is 47.1 Å². The van der Waals surface area contributed by atoms with Crippen LogP contribution >= 0.6 is 0 Å². The van der Waals surface area contributed by atoms with E-state index in [1.807, 2.05) is 12.1 Å². The molecular formula is C22H31N3O2. The maximum absolute atomic E-state index is 12.1. The summed E-state index contributed by atoms with van der Waals surface area (Å²) in [4.78, 5) is 14.5. The van der Waals surface area contributed by atoms with Crippen LogP contribution in [0.5, 0.6) is 0 Å². The molecule has 0 unspecified atom stereocenters. The highest BCUT2D eigenvalue weighted by Gasteiger charge is 2.21. The van der Waals surface area contributed by atoms with Gasteiger partial charge >= 0.3 is 6.03 Å². The summed E-state index contributed by atoms with van der Waals surface area (Å²) in [5, 5.41) is 5.95. The Kier molecular flexibility index (Phi) is 6.93. The van der Waals surface area contributed by atoms with E-state index >= 15 is 0 Å². The summed E-state index contributed by atoms with van der Waals surface area (Å²) in [5.74, 6) is 1.44. The van der Waals surface area contributed by atoms with Gasteiger partial charge in [-0.25, -0.2) is 4.79 Å². The SMILES string of the molecule is CC(C)Cc1ccc(CN2CCC[C@H](NC(=O)NCc3ccco3)C2)cc1. The highest BCUT2D eigenvalue weighted by molar-refractivity contribution is 5.74. The fraction of sp³-hybridized carbons (Fsp3) is 0.500. The maximum Gasteiger partial charge on any atom is 0.315 e. The van der Waals surface area contributed by atoms with E-state index in [0.29, 0.717) is 12.5 Å². The standard InChI is InChI=1S/C22H31N3O2/c1-17(2)13-18-7-9-19(10-8-18)15-25-11-3-5-20(16-25)24-22(26)23-14-21-6-4-12-27-21/h4,6-10,12,17,20H,3,5,11,13-16H2,1-2H3,(H2,23,24,26)/t20-/m0/s1. The van der Waals surface area contributed by atoms with Gasteiger partial charge in [0, 0.05) is 19.1 Å². The number of nitrogens with one attached hydrogen (secondary N) is 2. The molecule has 27 heavy (non-hydrogen) atoms. The van der Waals surface area contributed by atoms with Crippen molar-refractivity contribution < 1.29 is 9.21 Å². The largest absolute Gasteiger partial charge is 0.467 e. The number of piperidine rings is 1. The van der Waals surface area contributed by atoms with E-state index in [4.69, 9.17) is 4.42 Å². The monoisotopic (exact) mass is 369 g/mol. The summed E-state index contributed by atoms with van der Waals surface area (Å²) >= 11 is 0. The van der Waals surface area contributed by atoms with E-state index in [0.717, 1.165) is 44.7 Å². The van der Waals surface area contributed by atoms with Crippen molar-refractivity contribution in [1.82, 2.24) is 15.5 Å². The second-order valence-electron chi connectivity index (χ2n) is 7.90. The highest BCUT2D eigenvalue weighted by atomic mass is 16.3. The molecule has 1 aliphatic heterocycles. The quantitative estimate of drug-likeness (QED) is 0.777. The number of rotatable bonds is 7. The van der Waals surface area contributed by atoms with Gasteiger partial charge in [-0.05, 0) is 55.0 Å². The van der Waals surface area contributed by atoms with Gasteiger partial charge in [0.15, 0.2) is 0 Å². The predicted octanol–water partition coefficient (Wildman–Crippen LogP) is 3.94. The van der Waals surface area contributed by atoms with Crippen LogP contribution in [0, 0.1) is 5.92 Å². The molecule has 1 aromatic heterocycles. The summed E-state index contributed by atoms with van der Waals surface area (Å²) < 4.78 is 5.24. The number of carbonyl (C=O) groups excluding carboxylic acids is 1. The molecule has 1 aromatic carbocycles. The third-order valence-corrected chi connectivity index (χ3v) is 4.92. The number of urea groups is 1. The van der Waals surface area contributed by atoms with Crippen molar-refractivity contribution in [2.45, 2.75) is 52.2 Å². The van der Waals surface area contributed by atoms with E-state index in [-0.39, 0.29) is 12.1 Å². The molecule has 2 N–H and O–H groups in total. The normalized spacial score (nSPS) is 17.8. The molecule has 146 valence electrons. The fourth-order valence-electron chi connectivity index (χ4n) is 3.64. The van der Waals surface area contributed by atoms with Crippen molar-refractivity contribution in [2.24, 2.45) is 5.92 Å². The number of amides is 2. The minimum absolute atomic E-state index is 0.128. The second kappa shape index (κ2) is 9.60. The van der Waals surface area contributed by atoms with Gasteiger partial charge in [0.25, 0.3) is 0 Å². The predicted molar refractivity (Wildman–Crippen MR) is 107 cm³/mol. The molecule has 0 spiro atoms. The highest BCUT2D eigenvalue weighted by Crippen LogP contribution is 2.15. The number of nitrogens with zero attached hydrogens (tertiary/aromatic N) is 1. The van der Waals surface area contributed by atoms with Gasteiger partial charge in [0.05, 0.1) is 12.8 Å². The van der Waals surface area contributed by atoms with Gasteiger partial charge in [0.2, 0.25) is 0 Å². The molecule has 0 saturated carbocycles. The minimum Gasteiger partial charge on any atom is -0.467 e. The Morgan fingerprint density at radius 3 is 2.70 bits per heavy atom. The summed E-state index contributed by atoms with van der Waals surface area (Å²) in [7, 11) is 0. The van der Waals surface area contributed by atoms with Crippen molar-refractivity contribution in [3.63, 3.8) is 0 Å². The van der Waals surface area contributed by atoms with Gasteiger partial charge in [-0.2, -0.15) is 0 Å². The smallest absolute Gasteiger partial charge is 0.315 e. The fourth-order valence-corrected chi connectivity index (χ4v) is 3.64. The van der Waals surface area contributed by atoms with Crippen molar-refractivity contribution in [3.05, 3.63) is 59.5 Å². The molecule has 5 heteroatoms. The van der Waals surface area contributed by atoms with Crippen molar-refractivity contribution in [1.29, 1.82) is 0 Å². The van der Waals surface area contributed by atoms with Crippen LogP contribution < -0.4 is 10.6 Å². The van der Waals surface area contributed by atoms with Crippen LogP contribution in [0.1, 0.15) is 43.6 Å². The van der Waals surface area contributed by atoms with E-state index in [1.54, 1.807) is 6.26 Å². The molecule has 0 aliphatic carbocycles. The zero-order valence-corrected chi connectivity index (χ0v) is 16.4. The third kappa shape index (κ3) is 6.43. The minimum atomic E-state index is -0.128. The molecule has 1 fully saturated rings. The second-order valence-corrected chi connectivity index (χ2v) is 7.90. The molecule has 1 aliphatic rings. The molecular weight excluding hydrogens is 338 g/mol. The molecule has 2 aromatic rings. The topological polar surface area (TPSA) is 57.5 Å². The summed E-state index contributed by atoms with van der Waals surface area (Å²) in [6, 6.07) is 12.7. The molecule has 2 amide bonds. The zero-order valence-electron chi connectivity index (χ0n) is 16.4. The van der Waals surface area contributed by atoms with Crippen LogP contribution in [0.3, 0.4) is 0 Å². The summed E-state index contributed by atoms with van der Waals surface area (Å²) in [5.41, 5.74) is 2.74. The summed E-state index contributed by atoms with van der Waals surface area (Å²) in [6.07, 6.45) is 4.87. The first-order valence-electron chi connectivity index (χ1n) is 9.95. The Hall–Kier alpha value is -2.27. The average Bonchev–Trinajstić information content (AvgIpc) is 3.15. The average molecular weight is 370 g/mol. The Bertz CT molecular complexity index is 695. The molecule has 3 rings (SSSR count). The Morgan fingerprint density at radius 2 is 2.00 bits per heavy atom.